The van der Waals surface area contributed by atoms with Gasteiger partial charge >= 0.3 is 0 Å². The molecule has 1 N–H and O–H groups in total. The summed E-state index contributed by atoms with van der Waals surface area (Å²) in [6, 6.07) is 9.03. The molecule has 3 rings (SSSR count). The maximum Gasteiger partial charge on any atom is 0.262 e. The Balaban J connectivity index is 1.64. The van der Waals surface area contributed by atoms with Crippen molar-refractivity contribution in [1.29, 1.82) is 0 Å². The zero-order chi connectivity index (χ0) is 18.4. The maximum atomic E-state index is 12.2. The third-order valence-electron chi connectivity index (χ3n) is 4.23. The largest absolute Gasteiger partial charge is 0.495 e. The lowest BCUT2D eigenvalue weighted by Gasteiger charge is -2.17. The Morgan fingerprint density at radius 3 is 2.73 bits per heavy atom. The highest BCUT2D eigenvalue weighted by Gasteiger charge is 2.17. The van der Waals surface area contributed by atoms with E-state index in [0.717, 1.165) is 38.0 Å². The molecular weight excluding hydrogens is 332 g/mol. The topological polar surface area (TPSA) is 76.6 Å². The van der Waals surface area contributed by atoms with Gasteiger partial charge in [-0.25, -0.2) is 4.98 Å². The molecule has 1 saturated heterocycles. The van der Waals surface area contributed by atoms with Crippen LogP contribution in [0.4, 0.5) is 11.6 Å². The highest BCUT2D eigenvalue weighted by Crippen LogP contribution is 2.23. The molecule has 2 aromatic rings. The van der Waals surface area contributed by atoms with Crippen molar-refractivity contribution in [3.63, 3.8) is 0 Å². The van der Waals surface area contributed by atoms with Gasteiger partial charge in [0.1, 0.15) is 5.75 Å². The van der Waals surface area contributed by atoms with Crippen molar-refractivity contribution in [2.45, 2.75) is 26.2 Å². The fourth-order valence-electron chi connectivity index (χ4n) is 2.85. The molecule has 0 spiro atoms. The van der Waals surface area contributed by atoms with Gasteiger partial charge in [0.15, 0.2) is 6.61 Å². The van der Waals surface area contributed by atoms with Gasteiger partial charge in [-0.3, -0.25) is 4.79 Å². The van der Waals surface area contributed by atoms with Crippen molar-refractivity contribution in [1.82, 2.24) is 9.97 Å². The Morgan fingerprint density at radius 2 is 2.00 bits per heavy atom. The Bertz CT molecular complexity index is 760. The summed E-state index contributed by atoms with van der Waals surface area (Å²) in [5.41, 5.74) is 1.51. The third-order valence-corrected chi connectivity index (χ3v) is 4.23. The first kappa shape index (κ1) is 18.0. The number of carbonyl (C=O) groups excluding carboxylic acids is 1. The first-order valence-electron chi connectivity index (χ1n) is 8.88. The highest BCUT2D eigenvalue weighted by atomic mass is 16.5. The third kappa shape index (κ3) is 4.41. The quantitative estimate of drug-likeness (QED) is 0.822. The molecule has 0 bridgehead atoms. The number of hydrogen-bond acceptors (Lipinski definition) is 6. The molecule has 1 aromatic carbocycles. The summed E-state index contributed by atoms with van der Waals surface area (Å²) in [7, 11) is 1.56. The van der Waals surface area contributed by atoms with Crippen molar-refractivity contribution >= 4 is 17.5 Å². The number of nitrogens with one attached hydrogen (secondary N) is 1. The SMILES string of the molecule is CCc1cc(OCC(=O)Nc2ccccc2OC)nc(N2CCCC2)n1. The number of hydrogen-bond donors (Lipinski definition) is 1. The molecule has 7 nitrogen and oxygen atoms in total. The first-order chi connectivity index (χ1) is 12.7. The number of methoxy groups -OCH3 is 1. The Hall–Kier alpha value is -2.83. The molecule has 26 heavy (non-hydrogen) atoms. The van der Waals surface area contributed by atoms with Crippen LogP contribution in [0.5, 0.6) is 11.6 Å². The molecule has 0 aliphatic carbocycles. The van der Waals surface area contributed by atoms with Crippen LogP contribution in [0.25, 0.3) is 0 Å². The lowest BCUT2D eigenvalue weighted by atomic mass is 10.3. The zero-order valence-corrected chi connectivity index (χ0v) is 15.2. The molecule has 1 aliphatic heterocycles. The molecular formula is C19H24N4O3. The molecule has 1 aliphatic rings. The lowest BCUT2D eigenvalue weighted by molar-refractivity contribution is -0.118. The van der Waals surface area contributed by atoms with E-state index < -0.39 is 0 Å². The molecule has 1 aromatic heterocycles. The number of rotatable bonds is 7. The van der Waals surface area contributed by atoms with E-state index in [4.69, 9.17) is 9.47 Å². The van der Waals surface area contributed by atoms with Gasteiger partial charge in [-0.05, 0) is 31.4 Å². The molecule has 2 heterocycles. The van der Waals surface area contributed by atoms with Gasteiger partial charge in [0.25, 0.3) is 5.91 Å². The van der Waals surface area contributed by atoms with Crippen molar-refractivity contribution < 1.29 is 14.3 Å². The van der Waals surface area contributed by atoms with Crippen molar-refractivity contribution in [3.05, 3.63) is 36.0 Å². The maximum absolute atomic E-state index is 12.2. The number of aryl methyl sites for hydroxylation is 1. The number of para-hydroxylation sites is 2. The predicted molar refractivity (Wildman–Crippen MR) is 100.0 cm³/mol. The van der Waals surface area contributed by atoms with Gasteiger partial charge in [-0.2, -0.15) is 4.98 Å². The van der Waals surface area contributed by atoms with Crippen LogP contribution < -0.4 is 19.7 Å². The number of carbonyl (C=O) groups is 1. The van der Waals surface area contributed by atoms with E-state index in [9.17, 15) is 4.79 Å². The molecule has 1 amide bonds. The van der Waals surface area contributed by atoms with E-state index in [0.29, 0.717) is 23.3 Å². The summed E-state index contributed by atoms with van der Waals surface area (Å²) in [5.74, 6) is 1.44. The second-order valence-corrected chi connectivity index (χ2v) is 6.08. The summed E-state index contributed by atoms with van der Waals surface area (Å²) in [5, 5.41) is 2.79. The van der Waals surface area contributed by atoms with Crippen molar-refractivity contribution in [2.75, 3.05) is 37.0 Å². The molecule has 0 atom stereocenters. The van der Waals surface area contributed by atoms with E-state index >= 15 is 0 Å². The van der Waals surface area contributed by atoms with Crippen LogP contribution in [0.15, 0.2) is 30.3 Å². The molecule has 0 radical (unpaired) electrons. The van der Waals surface area contributed by atoms with Crippen LogP contribution in [-0.2, 0) is 11.2 Å². The van der Waals surface area contributed by atoms with E-state index in [1.54, 1.807) is 25.3 Å². The fraction of sp³-hybridized carbons (Fsp3) is 0.421. The van der Waals surface area contributed by atoms with E-state index in [1.807, 2.05) is 19.1 Å². The van der Waals surface area contributed by atoms with Gasteiger partial charge in [0, 0.05) is 24.8 Å². The Morgan fingerprint density at radius 1 is 1.23 bits per heavy atom. The highest BCUT2D eigenvalue weighted by molar-refractivity contribution is 5.93. The predicted octanol–water partition coefficient (Wildman–Crippen LogP) is 2.67. The molecule has 138 valence electrons. The molecule has 0 saturated carbocycles. The average Bonchev–Trinajstić information content (AvgIpc) is 3.21. The standard InChI is InChI=1S/C19H24N4O3/c1-3-14-12-18(22-19(20-14)23-10-6-7-11-23)26-13-17(24)21-15-8-4-5-9-16(15)25-2/h4-5,8-9,12H,3,6-7,10-11,13H2,1-2H3,(H,21,24). The van der Waals surface area contributed by atoms with Crippen molar-refractivity contribution in [2.24, 2.45) is 0 Å². The van der Waals surface area contributed by atoms with Gasteiger partial charge in [0.2, 0.25) is 11.8 Å². The smallest absolute Gasteiger partial charge is 0.262 e. The summed E-state index contributed by atoms with van der Waals surface area (Å²) in [6.07, 6.45) is 3.08. The van der Waals surface area contributed by atoms with Crippen LogP contribution in [0.3, 0.4) is 0 Å². The summed E-state index contributed by atoms with van der Waals surface area (Å²) in [6.45, 7) is 3.83. The summed E-state index contributed by atoms with van der Waals surface area (Å²) < 4.78 is 10.9. The van der Waals surface area contributed by atoms with Crippen LogP contribution in [-0.4, -0.2) is 42.7 Å². The first-order valence-corrected chi connectivity index (χ1v) is 8.88. The number of ether oxygens (including phenoxy) is 2. The molecule has 1 fully saturated rings. The zero-order valence-electron chi connectivity index (χ0n) is 15.2. The van der Waals surface area contributed by atoms with Crippen LogP contribution in [0.1, 0.15) is 25.5 Å². The van der Waals surface area contributed by atoms with Gasteiger partial charge in [-0.15, -0.1) is 0 Å². The summed E-state index contributed by atoms with van der Waals surface area (Å²) in [4.78, 5) is 23.4. The Kier molecular flexibility index (Phi) is 5.88. The molecule has 7 heteroatoms. The van der Waals surface area contributed by atoms with Crippen LogP contribution >= 0.6 is 0 Å². The van der Waals surface area contributed by atoms with Crippen molar-refractivity contribution in [3.8, 4) is 11.6 Å². The minimum absolute atomic E-state index is 0.127. The minimum atomic E-state index is -0.270. The van der Waals surface area contributed by atoms with Crippen LogP contribution in [0, 0.1) is 0 Å². The van der Waals surface area contributed by atoms with Gasteiger partial charge < -0.3 is 19.7 Å². The number of nitrogens with zero attached hydrogens (tertiary/aromatic N) is 3. The second-order valence-electron chi connectivity index (χ2n) is 6.08. The van der Waals surface area contributed by atoms with E-state index in [1.165, 1.54) is 0 Å². The van der Waals surface area contributed by atoms with Gasteiger partial charge in [-0.1, -0.05) is 19.1 Å². The van der Waals surface area contributed by atoms with Gasteiger partial charge in [0.05, 0.1) is 12.8 Å². The lowest BCUT2D eigenvalue weighted by Crippen LogP contribution is -2.23. The normalized spacial score (nSPS) is 13.5. The monoisotopic (exact) mass is 356 g/mol. The Labute approximate surface area is 153 Å². The summed E-state index contributed by atoms with van der Waals surface area (Å²) >= 11 is 0. The number of aromatic nitrogens is 2. The minimum Gasteiger partial charge on any atom is -0.495 e. The second kappa shape index (κ2) is 8.51. The average molecular weight is 356 g/mol. The van der Waals surface area contributed by atoms with E-state index in [-0.39, 0.29) is 12.5 Å². The van der Waals surface area contributed by atoms with Crippen LogP contribution in [0.2, 0.25) is 0 Å². The number of anilines is 2. The fourth-order valence-corrected chi connectivity index (χ4v) is 2.85. The molecule has 0 unspecified atom stereocenters. The van der Waals surface area contributed by atoms with E-state index in [2.05, 4.69) is 20.2 Å². The number of amides is 1. The number of benzene rings is 1.